The second-order valence-corrected chi connectivity index (χ2v) is 6.09. The summed E-state index contributed by atoms with van der Waals surface area (Å²) in [5.41, 5.74) is 0. The number of rotatable bonds is 6. The molecule has 2 nitrogen and oxygen atoms in total. The van der Waals surface area contributed by atoms with Crippen LogP contribution in [0.1, 0.15) is 46.5 Å². The van der Waals surface area contributed by atoms with Gasteiger partial charge in [0.1, 0.15) is 0 Å². The molecule has 1 saturated heterocycles. The lowest BCUT2D eigenvalue weighted by atomic mass is 10.0. The molecule has 0 spiro atoms. The van der Waals surface area contributed by atoms with Gasteiger partial charge in [-0.25, -0.2) is 0 Å². The van der Waals surface area contributed by atoms with Crippen molar-refractivity contribution in [2.75, 3.05) is 19.6 Å². The Balaban J connectivity index is 1.77. The van der Waals surface area contributed by atoms with Crippen LogP contribution in [-0.2, 0) is 0 Å². The van der Waals surface area contributed by atoms with Crippen molar-refractivity contribution in [3.05, 3.63) is 0 Å². The van der Waals surface area contributed by atoms with Gasteiger partial charge in [-0.2, -0.15) is 0 Å². The average molecular weight is 224 g/mol. The molecule has 2 aliphatic rings. The molecule has 1 aliphatic carbocycles. The van der Waals surface area contributed by atoms with Crippen molar-refractivity contribution in [2.24, 2.45) is 11.8 Å². The molecule has 2 unspecified atom stereocenters. The van der Waals surface area contributed by atoms with Crippen molar-refractivity contribution >= 4 is 0 Å². The third kappa shape index (κ3) is 3.21. The molecule has 2 atom stereocenters. The van der Waals surface area contributed by atoms with Crippen LogP contribution >= 0.6 is 0 Å². The van der Waals surface area contributed by atoms with Gasteiger partial charge in [0.05, 0.1) is 0 Å². The predicted molar refractivity (Wildman–Crippen MR) is 69.6 cm³/mol. The normalized spacial score (nSPS) is 26.2. The van der Waals surface area contributed by atoms with Crippen LogP contribution < -0.4 is 5.32 Å². The summed E-state index contributed by atoms with van der Waals surface area (Å²) in [6.07, 6.45) is 5.71. The summed E-state index contributed by atoms with van der Waals surface area (Å²) in [6, 6.07) is 1.49. The summed E-state index contributed by atoms with van der Waals surface area (Å²) in [5, 5.41) is 3.76. The minimum absolute atomic E-state index is 0.740. The van der Waals surface area contributed by atoms with E-state index in [-0.39, 0.29) is 0 Å². The molecule has 0 aromatic carbocycles. The number of nitrogens with one attached hydrogen (secondary N) is 1. The Labute approximate surface area is 101 Å². The minimum atomic E-state index is 0.740. The van der Waals surface area contributed by atoms with E-state index in [1.807, 2.05) is 0 Å². The number of hydrogen-bond donors (Lipinski definition) is 1. The fourth-order valence-corrected chi connectivity index (χ4v) is 2.93. The topological polar surface area (TPSA) is 15.3 Å². The maximum absolute atomic E-state index is 3.76. The smallest absolute Gasteiger partial charge is 0.0243 e. The predicted octanol–water partition coefficient (Wildman–Crippen LogP) is 2.49. The van der Waals surface area contributed by atoms with Crippen molar-refractivity contribution < 1.29 is 0 Å². The Hall–Kier alpha value is -0.0800. The van der Waals surface area contributed by atoms with Crippen LogP contribution in [0.4, 0.5) is 0 Å². The Kier molecular flexibility index (Phi) is 4.26. The van der Waals surface area contributed by atoms with Crippen molar-refractivity contribution in [1.29, 1.82) is 0 Å². The molecule has 0 aromatic heterocycles. The quantitative estimate of drug-likeness (QED) is 0.746. The van der Waals surface area contributed by atoms with Gasteiger partial charge >= 0.3 is 0 Å². The Morgan fingerprint density at radius 1 is 1.12 bits per heavy atom. The van der Waals surface area contributed by atoms with E-state index in [4.69, 9.17) is 0 Å². The molecular formula is C14H28N2. The number of likely N-dealkylation sites (tertiary alicyclic amines) is 1. The molecule has 1 N–H and O–H groups in total. The molecular weight excluding hydrogens is 196 g/mol. The van der Waals surface area contributed by atoms with Crippen molar-refractivity contribution in [1.82, 2.24) is 10.2 Å². The Morgan fingerprint density at radius 2 is 1.75 bits per heavy atom. The zero-order valence-electron chi connectivity index (χ0n) is 11.2. The van der Waals surface area contributed by atoms with Crippen LogP contribution in [0.15, 0.2) is 0 Å². The second kappa shape index (κ2) is 5.50. The van der Waals surface area contributed by atoms with Gasteiger partial charge in [0, 0.05) is 18.6 Å². The molecule has 1 aliphatic heterocycles. The van der Waals surface area contributed by atoms with E-state index >= 15 is 0 Å². The van der Waals surface area contributed by atoms with E-state index in [2.05, 4.69) is 31.0 Å². The van der Waals surface area contributed by atoms with E-state index in [1.165, 1.54) is 45.3 Å². The fraction of sp³-hybridized carbons (Fsp3) is 1.00. The molecule has 2 heteroatoms. The second-order valence-electron chi connectivity index (χ2n) is 6.09. The van der Waals surface area contributed by atoms with E-state index in [9.17, 15) is 0 Å². The summed E-state index contributed by atoms with van der Waals surface area (Å²) in [6.45, 7) is 10.9. The van der Waals surface area contributed by atoms with Crippen LogP contribution in [0.25, 0.3) is 0 Å². The first-order chi connectivity index (χ1) is 7.68. The van der Waals surface area contributed by atoms with Crippen molar-refractivity contribution in [2.45, 2.75) is 58.5 Å². The minimum Gasteiger partial charge on any atom is -0.312 e. The molecule has 2 rings (SSSR count). The van der Waals surface area contributed by atoms with Gasteiger partial charge in [-0.1, -0.05) is 13.8 Å². The summed E-state index contributed by atoms with van der Waals surface area (Å²) in [5.74, 6) is 1.75. The molecule has 0 aromatic rings. The average Bonchev–Trinajstić information content (AvgIpc) is 2.96. The van der Waals surface area contributed by atoms with E-state index in [0.717, 1.165) is 23.9 Å². The monoisotopic (exact) mass is 224 g/mol. The fourth-order valence-electron chi connectivity index (χ4n) is 2.93. The number of hydrogen-bond acceptors (Lipinski definition) is 2. The lowest BCUT2D eigenvalue weighted by molar-refractivity contribution is 0.181. The van der Waals surface area contributed by atoms with Gasteiger partial charge in [-0.15, -0.1) is 0 Å². The maximum atomic E-state index is 3.76. The summed E-state index contributed by atoms with van der Waals surface area (Å²) >= 11 is 0. The lowest BCUT2D eigenvalue weighted by Gasteiger charge is -2.32. The Morgan fingerprint density at radius 3 is 2.25 bits per heavy atom. The van der Waals surface area contributed by atoms with Gasteiger partial charge in [0.15, 0.2) is 0 Å². The molecule has 94 valence electrons. The molecule has 0 bridgehead atoms. The first kappa shape index (κ1) is 12.4. The standard InChI is InChI=1S/C14H28N2/c1-11(2)14(16-8-4-5-9-16)10-15-12(3)13-6-7-13/h11-15H,4-10H2,1-3H3. The first-order valence-corrected chi connectivity index (χ1v) is 7.16. The first-order valence-electron chi connectivity index (χ1n) is 7.16. The van der Waals surface area contributed by atoms with E-state index in [1.54, 1.807) is 0 Å². The summed E-state index contributed by atoms with van der Waals surface area (Å²) in [4.78, 5) is 2.69. The lowest BCUT2D eigenvalue weighted by Crippen LogP contribution is -2.46. The van der Waals surface area contributed by atoms with Crippen LogP contribution in [0, 0.1) is 11.8 Å². The maximum Gasteiger partial charge on any atom is 0.0243 e. The SMILES string of the molecule is CC(C)C(CNC(C)C1CC1)N1CCCC1. The van der Waals surface area contributed by atoms with Gasteiger partial charge in [-0.05, 0) is 57.5 Å². The molecule has 0 amide bonds. The Bertz CT molecular complexity index is 205. The molecule has 1 saturated carbocycles. The molecule has 0 radical (unpaired) electrons. The highest BCUT2D eigenvalue weighted by atomic mass is 15.2. The van der Waals surface area contributed by atoms with Crippen LogP contribution in [0.5, 0.6) is 0 Å². The highest BCUT2D eigenvalue weighted by molar-refractivity contribution is 4.86. The highest BCUT2D eigenvalue weighted by Gasteiger charge is 2.30. The largest absolute Gasteiger partial charge is 0.312 e. The van der Waals surface area contributed by atoms with Gasteiger partial charge in [0.25, 0.3) is 0 Å². The van der Waals surface area contributed by atoms with Crippen LogP contribution in [-0.4, -0.2) is 36.6 Å². The van der Waals surface area contributed by atoms with Gasteiger partial charge in [-0.3, -0.25) is 4.90 Å². The third-order valence-electron chi connectivity index (χ3n) is 4.36. The third-order valence-corrected chi connectivity index (χ3v) is 4.36. The molecule has 16 heavy (non-hydrogen) atoms. The van der Waals surface area contributed by atoms with Crippen LogP contribution in [0.2, 0.25) is 0 Å². The zero-order chi connectivity index (χ0) is 11.5. The van der Waals surface area contributed by atoms with Crippen molar-refractivity contribution in [3.63, 3.8) is 0 Å². The summed E-state index contributed by atoms with van der Waals surface area (Å²) < 4.78 is 0. The highest BCUT2D eigenvalue weighted by Crippen LogP contribution is 2.32. The van der Waals surface area contributed by atoms with Crippen LogP contribution in [0.3, 0.4) is 0 Å². The van der Waals surface area contributed by atoms with Gasteiger partial charge < -0.3 is 5.32 Å². The molecule has 1 heterocycles. The van der Waals surface area contributed by atoms with E-state index < -0.39 is 0 Å². The van der Waals surface area contributed by atoms with E-state index in [0.29, 0.717) is 0 Å². The summed E-state index contributed by atoms with van der Waals surface area (Å²) in [7, 11) is 0. The zero-order valence-corrected chi connectivity index (χ0v) is 11.2. The van der Waals surface area contributed by atoms with Crippen molar-refractivity contribution in [3.8, 4) is 0 Å². The number of nitrogens with zero attached hydrogens (tertiary/aromatic N) is 1. The molecule has 2 fully saturated rings. The van der Waals surface area contributed by atoms with Gasteiger partial charge in [0.2, 0.25) is 0 Å².